The molecule has 0 bridgehead atoms. The minimum atomic E-state index is 0.412. The van der Waals surface area contributed by atoms with Crippen LogP contribution in [-0.2, 0) is 0 Å². The quantitative estimate of drug-likeness (QED) is 0.666. The molecule has 0 spiro atoms. The van der Waals surface area contributed by atoms with Gasteiger partial charge in [0, 0.05) is 12.8 Å². The fraction of sp³-hybridized carbons (Fsp3) is 0.579. The number of aryl methyl sites for hydroxylation is 2. The van der Waals surface area contributed by atoms with E-state index >= 15 is 0 Å². The molecule has 1 nitrogen and oxygen atoms in total. The van der Waals surface area contributed by atoms with Gasteiger partial charge < -0.3 is 4.74 Å². The Balaban J connectivity index is 3.02. The third kappa shape index (κ3) is 4.93. The van der Waals surface area contributed by atoms with Crippen molar-refractivity contribution in [1.29, 1.82) is 0 Å². The minimum Gasteiger partial charge on any atom is -0.493 e. The second kappa shape index (κ2) is 8.00. The Hall–Kier alpha value is -1.42. The van der Waals surface area contributed by atoms with E-state index in [2.05, 4.69) is 65.5 Å². The molecule has 0 saturated heterocycles. The Labute approximate surface area is 124 Å². The summed E-state index contributed by atoms with van der Waals surface area (Å²) in [4.78, 5) is 0. The lowest BCUT2D eigenvalue weighted by Crippen LogP contribution is -2.09. The van der Waals surface area contributed by atoms with E-state index in [1.54, 1.807) is 0 Å². The van der Waals surface area contributed by atoms with Gasteiger partial charge in [-0.3, -0.25) is 0 Å². The maximum absolute atomic E-state index is 6.06. The van der Waals surface area contributed by atoms with Gasteiger partial charge in [-0.25, -0.2) is 0 Å². The highest BCUT2D eigenvalue weighted by Crippen LogP contribution is 2.33. The van der Waals surface area contributed by atoms with Crippen molar-refractivity contribution in [1.82, 2.24) is 0 Å². The van der Waals surface area contributed by atoms with E-state index in [0.717, 1.165) is 25.2 Å². The van der Waals surface area contributed by atoms with E-state index in [0.29, 0.717) is 11.8 Å². The smallest absolute Gasteiger partial charge is 0.125 e. The predicted molar refractivity (Wildman–Crippen MR) is 87.3 cm³/mol. The van der Waals surface area contributed by atoms with E-state index in [9.17, 15) is 0 Å². The summed E-state index contributed by atoms with van der Waals surface area (Å²) in [6, 6.07) is 4.45. The fourth-order valence-electron chi connectivity index (χ4n) is 2.26. The molecule has 0 aliphatic heterocycles. The maximum atomic E-state index is 6.06. The molecule has 1 atom stereocenters. The number of ether oxygens (including phenoxy) is 1. The van der Waals surface area contributed by atoms with Gasteiger partial charge in [-0.1, -0.05) is 45.4 Å². The Morgan fingerprint density at radius 1 is 1.10 bits per heavy atom. The van der Waals surface area contributed by atoms with Gasteiger partial charge in [-0.15, -0.1) is 11.8 Å². The Kier molecular flexibility index (Phi) is 6.65. The molecule has 1 heteroatoms. The minimum absolute atomic E-state index is 0.412. The predicted octanol–water partition coefficient (Wildman–Crippen LogP) is 5.25. The highest BCUT2D eigenvalue weighted by Gasteiger charge is 2.14. The number of hydrogen-bond donors (Lipinski definition) is 0. The van der Waals surface area contributed by atoms with Crippen LogP contribution in [0.5, 0.6) is 5.75 Å². The van der Waals surface area contributed by atoms with E-state index < -0.39 is 0 Å². The summed E-state index contributed by atoms with van der Waals surface area (Å²) in [5, 5.41) is 0. The third-order valence-corrected chi connectivity index (χ3v) is 3.25. The first kappa shape index (κ1) is 16.6. The van der Waals surface area contributed by atoms with Crippen molar-refractivity contribution in [2.75, 3.05) is 6.61 Å². The second-order valence-corrected chi connectivity index (χ2v) is 6.02. The summed E-state index contributed by atoms with van der Waals surface area (Å²) < 4.78 is 6.06. The van der Waals surface area contributed by atoms with Gasteiger partial charge in [0.15, 0.2) is 0 Å². The van der Waals surface area contributed by atoms with E-state index in [-0.39, 0.29) is 0 Å². The molecule has 0 N–H and O–H groups in total. The highest BCUT2D eigenvalue weighted by atomic mass is 16.5. The van der Waals surface area contributed by atoms with Crippen LogP contribution in [0.3, 0.4) is 0 Å². The molecule has 20 heavy (non-hydrogen) atoms. The van der Waals surface area contributed by atoms with Crippen molar-refractivity contribution in [3.63, 3.8) is 0 Å². The Bertz CT molecular complexity index is 488. The molecule has 110 valence electrons. The molecule has 1 aromatic rings. The van der Waals surface area contributed by atoms with Gasteiger partial charge in [0.1, 0.15) is 5.75 Å². The van der Waals surface area contributed by atoms with Gasteiger partial charge in [-0.05, 0) is 36.8 Å². The second-order valence-electron chi connectivity index (χ2n) is 6.02. The zero-order valence-corrected chi connectivity index (χ0v) is 13.8. The Morgan fingerprint density at radius 2 is 1.80 bits per heavy atom. The summed E-state index contributed by atoms with van der Waals surface area (Å²) in [5.41, 5.74) is 3.83. The molecule has 0 saturated carbocycles. The third-order valence-electron chi connectivity index (χ3n) is 3.25. The van der Waals surface area contributed by atoms with E-state index in [1.165, 1.54) is 16.7 Å². The SMILES string of the molecule is CCC#CCC(C)c1cc(C)cc(C)c1OCC(C)C. The van der Waals surface area contributed by atoms with Crippen LogP contribution in [-0.4, -0.2) is 6.61 Å². The van der Waals surface area contributed by atoms with E-state index in [4.69, 9.17) is 4.74 Å². The zero-order valence-electron chi connectivity index (χ0n) is 13.8. The first-order valence-electron chi connectivity index (χ1n) is 7.65. The summed E-state index contributed by atoms with van der Waals surface area (Å²) in [5.74, 6) is 8.43. The van der Waals surface area contributed by atoms with Crippen LogP contribution >= 0.6 is 0 Å². The standard InChI is InChI=1S/C19H28O/c1-7-8-9-10-16(5)18-12-15(4)11-17(6)19(18)20-13-14(2)3/h11-12,14,16H,7,10,13H2,1-6H3. The first-order chi connectivity index (χ1) is 9.45. The topological polar surface area (TPSA) is 9.23 Å². The first-order valence-corrected chi connectivity index (χ1v) is 7.65. The van der Waals surface area contributed by atoms with Crippen molar-refractivity contribution in [3.8, 4) is 17.6 Å². The lowest BCUT2D eigenvalue weighted by molar-refractivity contribution is 0.266. The summed E-state index contributed by atoms with van der Waals surface area (Å²) in [7, 11) is 0. The molecule has 0 heterocycles. The van der Waals surface area contributed by atoms with Crippen LogP contribution in [0.2, 0.25) is 0 Å². The molecular formula is C19H28O. The number of benzene rings is 1. The van der Waals surface area contributed by atoms with Crippen molar-refractivity contribution in [2.24, 2.45) is 5.92 Å². The number of rotatable bonds is 5. The van der Waals surface area contributed by atoms with Crippen molar-refractivity contribution < 1.29 is 4.74 Å². The van der Waals surface area contributed by atoms with Crippen molar-refractivity contribution in [2.45, 2.75) is 60.3 Å². The maximum Gasteiger partial charge on any atom is 0.125 e. The molecule has 0 fully saturated rings. The van der Waals surface area contributed by atoms with Crippen LogP contribution < -0.4 is 4.74 Å². The van der Waals surface area contributed by atoms with Crippen LogP contribution in [0.15, 0.2) is 12.1 Å². The molecule has 1 unspecified atom stereocenters. The average Bonchev–Trinajstić information content (AvgIpc) is 2.36. The van der Waals surface area contributed by atoms with Gasteiger partial charge in [-0.2, -0.15) is 0 Å². The molecule has 0 amide bonds. The summed E-state index contributed by atoms with van der Waals surface area (Å²) in [6.07, 6.45) is 1.82. The van der Waals surface area contributed by atoms with Gasteiger partial charge in [0.05, 0.1) is 6.61 Å². The fourth-order valence-corrected chi connectivity index (χ4v) is 2.26. The number of hydrogen-bond acceptors (Lipinski definition) is 1. The summed E-state index contributed by atoms with van der Waals surface area (Å²) in [6.45, 7) is 13.7. The molecule has 0 aromatic heterocycles. The zero-order chi connectivity index (χ0) is 15.1. The largest absolute Gasteiger partial charge is 0.493 e. The van der Waals surface area contributed by atoms with Gasteiger partial charge >= 0.3 is 0 Å². The average molecular weight is 272 g/mol. The van der Waals surface area contributed by atoms with Crippen LogP contribution in [0.25, 0.3) is 0 Å². The Morgan fingerprint density at radius 3 is 2.40 bits per heavy atom. The molecule has 0 aliphatic rings. The lowest BCUT2D eigenvalue weighted by Gasteiger charge is -2.19. The van der Waals surface area contributed by atoms with Gasteiger partial charge in [0.2, 0.25) is 0 Å². The summed E-state index contributed by atoms with van der Waals surface area (Å²) >= 11 is 0. The van der Waals surface area contributed by atoms with Crippen molar-refractivity contribution >= 4 is 0 Å². The normalized spacial score (nSPS) is 11.9. The molecule has 1 aromatic carbocycles. The van der Waals surface area contributed by atoms with Gasteiger partial charge in [0.25, 0.3) is 0 Å². The van der Waals surface area contributed by atoms with Crippen LogP contribution in [0.1, 0.15) is 63.1 Å². The van der Waals surface area contributed by atoms with E-state index in [1.807, 2.05) is 0 Å². The molecule has 1 rings (SSSR count). The molecule has 0 aliphatic carbocycles. The molecular weight excluding hydrogens is 244 g/mol. The van der Waals surface area contributed by atoms with Crippen LogP contribution in [0.4, 0.5) is 0 Å². The van der Waals surface area contributed by atoms with Crippen LogP contribution in [0, 0.1) is 31.6 Å². The highest BCUT2D eigenvalue weighted by molar-refractivity contribution is 5.46. The lowest BCUT2D eigenvalue weighted by atomic mass is 9.93. The molecule has 0 radical (unpaired) electrons. The van der Waals surface area contributed by atoms with Crippen molar-refractivity contribution in [3.05, 3.63) is 28.8 Å². The monoisotopic (exact) mass is 272 g/mol.